The van der Waals surface area contributed by atoms with E-state index in [4.69, 9.17) is 14.2 Å². The van der Waals surface area contributed by atoms with E-state index in [2.05, 4.69) is 16.0 Å². The molecule has 1 unspecified atom stereocenters. The zero-order valence-corrected chi connectivity index (χ0v) is 15.5. The van der Waals surface area contributed by atoms with Crippen molar-refractivity contribution in [3.05, 3.63) is 36.5 Å². The van der Waals surface area contributed by atoms with E-state index in [9.17, 15) is 0 Å². The first-order valence-corrected chi connectivity index (χ1v) is 9.23. The van der Waals surface area contributed by atoms with E-state index in [0.717, 1.165) is 27.9 Å². The second-order valence-electron chi connectivity index (χ2n) is 6.82. The molecule has 2 aromatic heterocycles. The number of nitrogens with zero attached hydrogens (tertiary/aromatic N) is 1. The van der Waals surface area contributed by atoms with Crippen molar-refractivity contribution in [3.8, 4) is 11.5 Å². The van der Waals surface area contributed by atoms with Crippen LogP contribution in [0.4, 0.5) is 0 Å². The average molecular weight is 353 g/mol. The van der Waals surface area contributed by atoms with Gasteiger partial charge in [0.15, 0.2) is 11.5 Å². The van der Waals surface area contributed by atoms with Crippen LogP contribution < -0.4 is 9.47 Å². The Morgan fingerprint density at radius 1 is 1.23 bits per heavy atom. The molecule has 4 rings (SSSR count). The third kappa shape index (κ3) is 3.23. The molecular weight excluding hydrogens is 328 g/mol. The van der Waals surface area contributed by atoms with Crippen LogP contribution in [0.5, 0.6) is 11.5 Å². The van der Waals surface area contributed by atoms with E-state index in [-0.39, 0.29) is 6.10 Å². The van der Waals surface area contributed by atoms with Crippen LogP contribution in [0.25, 0.3) is 21.8 Å². The molecule has 0 amide bonds. The lowest BCUT2D eigenvalue weighted by atomic mass is 10.1. The third-order valence-electron chi connectivity index (χ3n) is 4.98. The monoisotopic (exact) mass is 353 g/mol. The Morgan fingerprint density at radius 3 is 2.81 bits per heavy atom. The van der Waals surface area contributed by atoms with Crippen molar-refractivity contribution >= 4 is 21.8 Å². The van der Waals surface area contributed by atoms with Gasteiger partial charge in [-0.05, 0) is 38.3 Å². The van der Waals surface area contributed by atoms with Crippen LogP contribution in [0.1, 0.15) is 38.3 Å². The maximum absolute atomic E-state index is 5.92. The van der Waals surface area contributed by atoms with Crippen molar-refractivity contribution in [2.75, 3.05) is 20.3 Å². The van der Waals surface area contributed by atoms with Gasteiger partial charge in [-0.15, -0.1) is 0 Å². The van der Waals surface area contributed by atoms with Gasteiger partial charge in [-0.2, -0.15) is 0 Å². The molecule has 0 spiro atoms. The molecule has 1 radical (unpaired) electrons. The smallest absolute Gasteiger partial charge is 0.163 e. The molecule has 5 nitrogen and oxygen atoms in total. The van der Waals surface area contributed by atoms with E-state index in [0.29, 0.717) is 19.1 Å². The summed E-state index contributed by atoms with van der Waals surface area (Å²) in [4.78, 5) is 8.14. The van der Waals surface area contributed by atoms with Crippen molar-refractivity contribution in [2.24, 2.45) is 0 Å². The number of ether oxygens (including phenoxy) is 3. The molecule has 0 saturated heterocycles. The Balaban J connectivity index is 1.65. The van der Waals surface area contributed by atoms with Gasteiger partial charge in [0.05, 0.1) is 31.0 Å². The number of nitrogens with one attached hydrogen (secondary N) is 1. The lowest BCUT2D eigenvalue weighted by molar-refractivity contribution is 0.0618. The number of aromatic nitrogens is 2. The summed E-state index contributed by atoms with van der Waals surface area (Å²) in [5.74, 6) is 2.05. The lowest BCUT2D eigenvalue weighted by Gasteiger charge is -2.13. The fourth-order valence-electron chi connectivity index (χ4n) is 3.30. The fraction of sp³-hybridized carbons (Fsp3) is 0.429. The highest BCUT2D eigenvalue weighted by Crippen LogP contribution is 2.45. The van der Waals surface area contributed by atoms with Crippen LogP contribution in [0.3, 0.4) is 0 Å². The fourth-order valence-corrected chi connectivity index (χ4v) is 3.30. The van der Waals surface area contributed by atoms with Crippen molar-refractivity contribution in [1.29, 1.82) is 0 Å². The zero-order chi connectivity index (χ0) is 18.1. The average Bonchev–Trinajstić information content (AvgIpc) is 3.44. The van der Waals surface area contributed by atoms with Crippen LogP contribution in [0.15, 0.2) is 24.4 Å². The van der Waals surface area contributed by atoms with Gasteiger partial charge in [-0.1, -0.05) is 6.92 Å². The second kappa shape index (κ2) is 7.16. The summed E-state index contributed by atoms with van der Waals surface area (Å²) < 4.78 is 17.1. The first kappa shape index (κ1) is 17.2. The summed E-state index contributed by atoms with van der Waals surface area (Å²) in [6.07, 6.45) is 6.49. The molecule has 1 N–H and O–H groups in total. The van der Waals surface area contributed by atoms with Gasteiger partial charge in [-0.25, -0.2) is 0 Å². The summed E-state index contributed by atoms with van der Waals surface area (Å²) in [6.45, 7) is 5.02. The van der Waals surface area contributed by atoms with Crippen molar-refractivity contribution in [2.45, 2.75) is 38.7 Å². The molecule has 5 heteroatoms. The number of rotatable bonds is 8. The molecule has 1 aliphatic rings. The maximum Gasteiger partial charge on any atom is 0.163 e. The van der Waals surface area contributed by atoms with Gasteiger partial charge in [0.25, 0.3) is 0 Å². The van der Waals surface area contributed by atoms with Gasteiger partial charge < -0.3 is 19.2 Å². The highest BCUT2D eigenvalue weighted by atomic mass is 16.5. The Kier molecular flexibility index (Phi) is 4.72. The lowest BCUT2D eigenvalue weighted by Crippen LogP contribution is -2.13. The van der Waals surface area contributed by atoms with Gasteiger partial charge in [0.2, 0.25) is 0 Å². The molecule has 0 bridgehead atoms. The standard InChI is InChI=1S/C21H25N2O3/c1-4-13(2)25-9-10-26-19-12-17-15(11-18(19)24-3)20-16(23-17)7-8-22-21(20)14-5-6-14/h4,7-8,11-14,23H,5-6,9-10H2,1-3H3. The molecule has 1 fully saturated rings. The predicted octanol–water partition coefficient (Wildman–Crippen LogP) is 4.61. The SMILES string of the molecule is C[CH]C(C)OCCOc1cc2[nH]c3ccnc(C4CC4)c3c2cc1OC. The Hall–Kier alpha value is -2.27. The van der Waals surface area contributed by atoms with Crippen LogP contribution in [0.2, 0.25) is 0 Å². The highest BCUT2D eigenvalue weighted by Gasteiger charge is 2.28. The van der Waals surface area contributed by atoms with E-state index in [1.54, 1.807) is 7.11 Å². The van der Waals surface area contributed by atoms with Gasteiger partial charge >= 0.3 is 0 Å². The minimum Gasteiger partial charge on any atom is -0.493 e. The number of aromatic amines is 1. The normalized spacial score (nSPS) is 15.5. The summed E-state index contributed by atoms with van der Waals surface area (Å²) in [5.41, 5.74) is 3.36. The quantitative estimate of drug-likeness (QED) is 0.601. The number of pyridine rings is 1. The second-order valence-corrected chi connectivity index (χ2v) is 6.82. The minimum atomic E-state index is 0.130. The van der Waals surface area contributed by atoms with Crippen LogP contribution >= 0.6 is 0 Å². The predicted molar refractivity (Wildman–Crippen MR) is 103 cm³/mol. The minimum absolute atomic E-state index is 0.130. The molecule has 2 heterocycles. The Labute approximate surface area is 153 Å². The molecule has 1 aromatic carbocycles. The Morgan fingerprint density at radius 2 is 2.08 bits per heavy atom. The molecule has 137 valence electrons. The van der Waals surface area contributed by atoms with Crippen LogP contribution in [-0.4, -0.2) is 36.4 Å². The Bertz CT molecular complexity index is 914. The van der Waals surface area contributed by atoms with Crippen LogP contribution in [0, 0.1) is 6.42 Å². The van der Waals surface area contributed by atoms with Crippen molar-refractivity contribution < 1.29 is 14.2 Å². The van der Waals surface area contributed by atoms with E-state index < -0.39 is 0 Å². The van der Waals surface area contributed by atoms with Gasteiger partial charge in [0.1, 0.15) is 6.61 Å². The number of methoxy groups -OCH3 is 1. The first-order chi connectivity index (χ1) is 12.7. The molecule has 26 heavy (non-hydrogen) atoms. The molecule has 1 aliphatic carbocycles. The van der Waals surface area contributed by atoms with Crippen molar-refractivity contribution in [3.63, 3.8) is 0 Å². The van der Waals surface area contributed by atoms with Gasteiger partial charge in [0, 0.05) is 34.5 Å². The number of benzene rings is 1. The molecule has 1 saturated carbocycles. The third-order valence-corrected chi connectivity index (χ3v) is 4.98. The molecular formula is C21H25N2O3. The number of hydrogen-bond acceptors (Lipinski definition) is 4. The first-order valence-electron chi connectivity index (χ1n) is 9.23. The van der Waals surface area contributed by atoms with E-state index in [1.807, 2.05) is 38.6 Å². The van der Waals surface area contributed by atoms with Gasteiger partial charge in [-0.3, -0.25) is 4.98 Å². The summed E-state index contributed by atoms with van der Waals surface area (Å²) in [6, 6.07) is 6.10. The van der Waals surface area contributed by atoms with Crippen molar-refractivity contribution in [1.82, 2.24) is 9.97 Å². The number of fused-ring (bicyclic) bond motifs is 3. The topological polar surface area (TPSA) is 56.4 Å². The highest BCUT2D eigenvalue weighted by molar-refractivity contribution is 6.09. The summed E-state index contributed by atoms with van der Waals surface area (Å²) >= 11 is 0. The van der Waals surface area contributed by atoms with E-state index in [1.165, 1.54) is 23.9 Å². The zero-order valence-electron chi connectivity index (χ0n) is 15.5. The summed E-state index contributed by atoms with van der Waals surface area (Å²) in [7, 11) is 1.67. The molecule has 0 aliphatic heterocycles. The number of H-pyrrole nitrogens is 1. The largest absolute Gasteiger partial charge is 0.493 e. The van der Waals surface area contributed by atoms with E-state index >= 15 is 0 Å². The number of hydrogen-bond donors (Lipinski definition) is 1. The van der Waals surface area contributed by atoms with Crippen LogP contribution in [-0.2, 0) is 4.74 Å². The summed E-state index contributed by atoms with van der Waals surface area (Å²) in [5, 5.41) is 2.36. The molecule has 1 atom stereocenters. The maximum atomic E-state index is 5.92. The molecule has 3 aromatic rings.